The molecule has 6 N–H and O–H groups in total. The minimum atomic E-state index is -0.911. The molecule has 0 aliphatic rings. The van der Waals surface area contributed by atoms with Crippen molar-refractivity contribution in [3.8, 4) is 11.5 Å². The van der Waals surface area contributed by atoms with E-state index in [9.17, 15) is 14.4 Å². The van der Waals surface area contributed by atoms with Crippen LogP contribution in [0.4, 0.5) is 11.4 Å². The normalized spacial score (nSPS) is 11.4. The molecule has 1 atom stereocenters. The van der Waals surface area contributed by atoms with Gasteiger partial charge in [-0.05, 0) is 65.7 Å². The molecule has 37 heavy (non-hydrogen) atoms. The van der Waals surface area contributed by atoms with Gasteiger partial charge in [0.2, 0.25) is 11.8 Å². The largest absolute Gasteiger partial charge is 0.493 e. The zero-order chi connectivity index (χ0) is 26.8. The van der Waals surface area contributed by atoms with E-state index in [-0.39, 0.29) is 12.0 Å². The lowest BCUT2D eigenvalue weighted by molar-refractivity contribution is -0.123. The van der Waals surface area contributed by atoms with Gasteiger partial charge in [-0.2, -0.15) is 0 Å². The summed E-state index contributed by atoms with van der Waals surface area (Å²) in [7, 11) is 3.06. The highest BCUT2D eigenvalue weighted by molar-refractivity contribution is 6.00. The Labute approximate surface area is 214 Å². The summed E-state index contributed by atoms with van der Waals surface area (Å²) < 4.78 is 10.5. The average Bonchev–Trinajstić information content (AvgIpc) is 2.92. The van der Waals surface area contributed by atoms with E-state index in [1.807, 2.05) is 0 Å². The Morgan fingerprint density at radius 2 is 1.62 bits per heavy atom. The minimum Gasteiger partial charge on any atom is -0.493 e. The van der Waals surface area contributed by atoms with Crippen LogP contribution in [0.2, 0.25) is 0 Å². The van der Waals surface area contributed by atoms with Crippen molar-refractivity contribution in [2.75, 3.05) is 25.3 Å². The van der Waals surface area contributed by atoms with Crippen LogP contribution < -0.4 is 31.3 Å². The summed E-state index contributed by atoms with van der Waals surface area (Å²) in [5.74, 6) is -0.514. The van der Waals surface area contributed by atoms with Gasteiger partial charge in [0.05, 0.1) is 14.2 Å². The number of benzene rings is 3. The van der Waals surface area contributed by atoms with Gasteiger partial charge in [-0.15, -0.1) is 0 Å². The average molecular weight is 505 g/mol. The molecule has 10 heteroatoms. The summed E-state index contributed by atoms with van der Waals surface area (Å²) >= 11 is 0. The van der Waals surface area contributed by atoms with Crippen molar-refractivity contribution in [2.24, 2.45) is 0 Å². The molecule has 0 spiro atoms. The molecule has 0 aliphatic carbocycles. The van der Waals surface area contributed by atoms with Crippen LogP contribution in [0.15, 0.2) is 72.8 Å². The summed E-state index contributed by atoms with van der Waals surface area (Å²) in [6.45, 7) is 0. The fraction of sp³-hybridized carbons (Fsp3) is 0.148. The molecule has 10 nitrogen and oxygen atoms in total. The SMILES string of the molecule is COc1ccc(/C=C/C(=O)NC(Cc2ccc(N)cc2)C(=O)Nc2ccc(C(=O)NO)cc2)cc1OC. The van der Waals surface area contributed by atoms with Crippen LogP contribution in [0.5, 0.6) is 11.5 Å². The molecular weight excluding hydrogens is 476 g/mol. The Morgan fingerprint density at radius 3 is 2.24 bits per heavy atom. The highest BCUT2D eigenvalue weighted by atomic mass is 16.5. The van der Waals surface area contributed by atoms with Gasteiger partial charge in [-0.3, -0.25) is 19.6 Å². The summed E-state index contributed by atoms with van der Waals surface area (Å²) in [5, 5.41) is 14.2. The van der Waals surface area contributed by atoms with Crippen LogP contribution in [-0.2, 0) is 16.0 Å². The molecule has 0 radical (unpaired) electrons. The Morgan fingerprint density at radius 1 is 0.946 bits per heavy atom. The summed E-state index contributed by atoms with van der Waals surface area (Å²) in [6, 6.07) is 17.2. The zero-order valence-corrected chi connectivity index (χ0v) is 20.4. The number of anilines is 2. The minimum absolute atomic E-state index is 0.215. The maximum atomic E-state index is 13.1. The summed E-state index contributed by atoms with van der Waals surface area (Å²) in [5.41, 5.74) is 10.0. The van der Waals surface area contributed by atoms with Crippen LogP contribution in [0, 0.1) is 0 Å². The number of nitrogens with one attached hydrogen (secondary N) is 3. The fourth-order valence-electron chi connectivity index (χ4n) is 3.45. The lowest BCUT2D eigenvalue weighted by atomic mass is 10.0. The fourth-order valence-corrected chi connectivity index (χ4v) is 3.45. The first kappa shape index (κ1) is 26.8. The molecule has 0 saturated carbocycles. The van der Waals surface area contributed by atoms with Crippen molar-refractivity contribution in [3.63, 3.8) is 0 Å². The Bertz CT molecular complexity index is 1270. The maximum absolute atomic E-state index is 13.1. The van der Waals surface area contributed by atoms with Gasteiger partial charge in [0, 0.05) is 29.4 Å². The first-order valence-electron chi connectivity index (χ1n) is 11.2. The number of hydrogen-bond acceptors (Lipinski definition) is 7. The van der Waals surface area contributed by atoms with Crippen molar-refractivity contribution >= 4 is 35.2 Å². The smallest absolute Gasteiger partial charge is 0.274 e. The summed E-state index contributed by atoms with van der Waals surface area (Å²) in [4.78, 5) is 37.3. The molecule has 0 fully saturated rings. The van der Waals surface area contributed by atoms with Gasteiger partial charge >= 0.3 is 0 Å². The van der Waals surface area contributed by atoms with Gasteiger partial charge in [0.1, 0.15) is 6.04 Å². The predicted octanol–water partition coefficient (Wildman–Crippen LogP) is 2.78. The van der Waals surface area contributed by atoms with Crippen LogP contribution in [0.1, 0.15) is 21.5 Å². The van der Waals surface area contributed by atoms with Gasteiger partial charge in [-0.25, -0.2) is 5.48 Å². The first-order chi connectivity index (χ1) is 17.8. The first-order valence-corrected chi connectivity index (χ1v) is 11.2. The topological polar surface area (TPSA) is 152 Å². The highest BCUT2D eigenvalue weighted by Crippen LogP contribution is 2.28. The second-order valence-corrected chi connectivity index (χ2v) is 7.96. The van der Waals surface area contributed by atoms with Gasteiger partial charge in [-0.1, -0.05) is 18.2 Å². The van der Waals surface area contributed by atoms with Crippen molar-refractivity contribution in [2.45, 2.75) is 12.5 Å². The van der Waals surface area contributed by atoms with Crippen molar-refractivity contribution < 1.29 is 29.1 Å². The van der Waals surface area contributed by atoms with E-state index >= 15 is 0 Å². The van der Waals surface area contributed by atoms with E-state index in [1.54, 1.807) is 54.0 Å². The molecule has 3 amide bonds. The Kier molecular flexibility index (Phi) is 9.23. The number of nitrogen functional groups attached to an aromatic ring is 1. The highest BCUT2D eigenvalue weighted by Gasteiger charge is 2.21. The second-order valence-electron chi connectivity index (χ2n) is 7.96. The van der Waals surface area contributed by atoms with Crippen LogP contribution in [0.25, 0.3) is 6.08 Å². The Balaban J connectivity index is 1.75. The predicted molar refractivity (Wildman–Crippen MR) is 139 cm³/mol. The lowest BCUT2D eigenvalue weighted by Crippen LogP contribution is -2.44. The van der Waals surface area contributed by atoms with E-state index in [4.69, 9.17) is 20.4 Å². The molecular formula is C27H28N4O6. The van der Waals surface area contributed by atoms with E-state index in [1.165, 1.54) is 44.6 Å². The zero-order valence-electron chi connectivity index (χ0n) is 20.4. The third-order valence-electron chi connectivity index (χ3n) is 5.40. The molecule has 0 saturated heterocycles. The molecule has 1 unspecified atom stereocenters. The number of rotatable bonds is 10. The van der Waals surface area contributed by atoms with Gasteiger partial charge < -0.3 is 25.8 Å². The third-order valence-corrected chi connectivity index (χ3v) is 5.40. The molecule has 0 bridgehead atoms. The van der Waals surface area contributed by atoms with Crippen LogP contribution in [-0.4, -0.2) is 43.2 Å². The van der Waals surface area contributed by atoms with Crippen LogP contribution in [0.3, 0.4) is 0 Å². The van der Waals surface area contributed by atoms with Crippen LogP contribution >= 0.6 is 0 Å². The number of nitrogens with two attached hydrogens (primary N) is 1. The monoisotopic (exact) mass is 504 g/mol. The maximum Gasteiger partial charge on any atom is 0.274 e. The summed E-state index contributed by atoms with van der Waals surface area (Å²) in [6.07, 6.45) is 3.14. The number of carbonyl (C=O) groups excluding carboxylic acids is 3. The number of carbonyl (C=O) groups is 3. The number of methoxy groups -OCH3 is 2. The third kappa shape index (κ3) is 7.58. The molecule has 0 heterocycles. The number of hydrogen-bond donors (Lipinski definition) is 5. The van der Waals surface area contributed by atoms with Gasteiger partial charge in [0.25, 0.3) is 5.91 Å². The molecule has 0 aliphatic heterocycles. The molecule has 3 aromatic rings. The van der Waals surface area contributed by atoms with Crippen molar-refractivity contribution in [1.29, 1.82) is 0 Å². The molecule has 192 valence electrons. The lowest BCUT2D eigenvalue weighted by Gasteiger charge is -2.18. The van der Waals surface area contributed by atoms with E-state index < -0.39 is 23.8 Å². The van der Waals surface area contributed by atoms with E-state index in [0.717, 1.165) is 5.56 Å². The van der Waals surface area contributed by atoms with E-state index in [0.29, 0.717) is 28.4 Å². The van der Waals surface area contributed by atoms with Crippen molar-refractivity contribution in [1.82, 2.24) is 10.8 Å². The molecule has 3 aromatic carbocycles. The number of ether oxygens (including phenoxy) is 2. The number of hydroxylamine groups is 1. The van der Waals surface area contributed by atoms with Crippen molar-refractivity contribution in [3.05, 3.63) is 89.5 Å². The van der Waals surface area contributed by atoms with Gasteiger partial charge in [0.15, 0.2) is 11.5 Å². The standard InChI is InChI=1S/C27H28N4O6/c1-36-23-13-5-18(16-24(23)37-2)6-14-25(32)30-22(15-17-3-9-20(28)10-4-17)27(34)29-21-11-7-19(8-12-21)26(33)31-35/h3-14,16,22,35H,15,28H2,1-2H3,(H,29,34)(H,30,32)(H,31,33)/b14-6+. The quantitative estimate of drug-likeness (QED) is 0.123. The Hall–Kier alpha value is -4.83. The second kappa shape index (κ2) is 12.8. The number of amides is 3. The van der Waals surface area contributed by atoms with E-state index in [2.05, 4.69) is 10.6 Å². The molecule has 0 aromatic heterocycles. The molecule has 3 rings (SSSR count).